The van der Waals surface area contributed by atoms with Crippen LogP contribution in [0.5, 0.6) is 5.75 Å². The van der Waals surface area contributed by atoms with Crippen LogP contribution in [0.2, 0.25) is 0 Å². The van der Waals surface area contributed by atoms with Crippen molar-refractivity contribution in [3.8, 4) is 5.75 Å². The highest BCUT2D eigenvalue weighted by atomic mass is 16.5. The Balaban J connectivity index is 1.96. The van der Waals surface area contributed by atoms with Crippen LogP contribution < -0.4 is 4.90 Å². The zero-order valence-electron chi connectivity index (χ0n) is 12.5. The maximum absolute atomic E-state index is 12.9. The number of aryl methyl sites for hydroxylation is 1. The van der Waals surface area contributed by atoms with E-state index in [2.05, 4.69) is 0 Å². The van der Waals surface area contributed by atoms with Crippen molar-refractivity contribution in [1.82, 2.24) is 0 Å². The fourth-order valence-corrected chi connectivity index (χ4v) is 3.00. The molecule has 114 valence electrons. The zero-order chi connectivity index (χ0) is 15.5. The molecule has 2 aromatic carbocycles. The maximum atomic E-state index is 12.9. The van der Waals surface area contributed by atoms with Crippen LogP contribution in [-0.2, 0) is 16.0 Å². The van der Waals surface area contributed by atoms with Crippen LogP contribution in [-0.4, -0.2) is 24.7 Å². The first-order valence-corrected chi connectivity index (χ1v) is 7.42. The number of ether oxygens (including phenoxy) is 1. The van der Waals surface area contributed by atoms with Crippen LogP contribution in [0.3, 0.4) is 0 Å². The van der Waals surface area contributed by atoms with Gasteiger partial charge in [-0.1, -0.05) is 42.5 Å². The number of nitrogens with zero attached hydrogens (tertiary/aromatic N) is 1. The molecule has 0 saturated carbocycles. The standard InChI is InChI=1S/C18H19NO3/c1-22-17(14-7-3-2-4-8-14)18(21)19-12-6-10-13-9-5-11-15(20)16(13)19/h2-5,7-9,11,17,20H,6,10,12H2,1H3/t17-/m1/s1. The first-order chi connectivity index (χ1) is 10.7. The number of benzene rings is 2. The average Bonchev–Trinajstić information content (AvgIpc) is 2.56. The Morgan fingerprint density at radius 1 is 1.18 bits per heavy atom. The summed E-state index contributed by atoms with van der Waals surface area (Å²) in [4.78, 5) is 14.6. The van der Waals surface area contributed by atoms with Gasteiger partial charge in [-0.25, -0.2) is 0 Å². The Morgan fingerprint density at radius 2 is 1.95 bits per heavy atom. The molecule has 0 spiro atoms. The molecule has 1 N–H and O–H groups in total. The monoisotopic (exact) mass is 297 g/mol. The topological polar surface area (TPSA) is 49.8 Å². The molecule has 0 radical (unpaired) electrons. The van der Waals surface area contributed by atoms with E-state index in [-0.39, 0.29) is 11.7 Å². The van der Waals surface area contributed by atoms with E-state index in [0.717, 1.165) is 24.0 Å². The van der Waals surface area contributed by atoms with E-state index < -0.39 is 6.10 Å². The highest BCUT2D eigenvalue weighted by Gasteiger charge is 2.31. The van der Waals surface area contributed by atoms with E-state index in [0.29, 0.717) is 12.2 Å². The number of carbonyl (C=O) groups is 1. The maximum Gasteiger partial charge on any atom is 0.260 e. The first-order valence-electron chi connectivity index (χ1n) is 7.42. The third-order valence-electron chi connectivity index (χ3n) is 4.02. The van der Waals surface area contributed by atoms with Crippen LogP contribution in [0.25, 0.3) is 0 Å². The lowest BCUT2D eigenvalue weighted by Gasteiger charge is -2.32. The van der Waals surface area contributed by atoms with Crippen molar-refractivity contribution in [3.63, 3.8) is 0 Å². The van der Waals surface area contributed by atoms with Gasteiger partial charge < -0.3 is 14.7 Å². The van der Waals surface area contributed by atoms with Gasteiger partial charge in [0, 0.05) is 13.7 Å². The molecule has 0 aromatic heterocycles. The Kier molecular flexibility index (Phi) is 4.11. The number of methoxy groups -OCH3 is 1. The number of anilines is 1. The highest BCUT2D eigenvalue weighted by molar-refractivity contribution is 5.99. The summed E-state index contributed by atoms with van der Waals surface area (Å²) in [5.41, 5.74) is 2.44. The molecule has 1 aliphatic rings. The van der Waals surface area contributed by atoms with Crippen molar-refractivity contribution in [2.75, 3.05) is 18.6 Å². The van der Waals surface area contributed by atoms with E-state index in [9.17, 15) is 9.90 Å². The predicted molar refractivity (Wildman–Crippen MR) is 85.0 cm³/mol. The molecule has 1 amide bonds. The number of phenolic OH excluding ortho intramolecular Hbond substituents is 1. The summed E-state index contributed by atoms with van der Waals surface area (Å²) in [5.74, 6) is 0.00427. The second kappa shape index (κ2) is 6.20. The van der Waals surface area contributed by atoms with Crippen molar-refractivity contribution < 1.29 is 14.6 Å². The van der Waals surface area contributed by atoms with E-state index >= 15 is 0 Å². The molecule has 3 rings (SSSR count). The lowest BCUT2D eigenvalue weighted by Crippen LogP contribution is -2.39. The van der Waals surface area contributed by atoms with Crippen molar-refractivity contribution in [1.29, 1.82) is 0 Å². The number of hydrogen-bond acceptors (Lipinski definition) is 3. The van der Waals surface area contributed by atoms with Gasteiger partial charge in [0.2, 0.25) is 0 Å². The van der Waals surface area contributed by atoms with E-state index in [1.165, 1.54) is 7.11 Å². The van der Waals surface area contributed by atoms with E-state index in [1.807, 2.05) is 42.5 Å². The summed E-state index contributed by atoms with van der Waals surface area (Å²) in [7, 11) is 1.53. The lowest BCUT2D eigenvalue weighted by molar-refractivity contribution is -0.128. The molecular formula is C18H19NO3. The fraction of sp³-hybridized carbons (Fsp3) is 0.278. The zero-order valence-corrected chi connectivity index (χ0v) is 12.5. The second-order valence-electron chi connectivity index (χ2n) is 5.40. The van der Waals surface area contributed by atoms with Crippen LogP contribution in [0.4, 0.5) is 5.69 Å². The van der Waals surface area contributed by atoms with Gasteiger partial charge >= 0.3 is 0 Å². The third kappa shape index (κ3) is 2.57. The predicted octanol–water partition coefficient (Wildman–Crippen LogP) is 3.06. The van der Waals surface area contributed by atoms with Crippen LogP contribution in [0.15, 0.2) is 48.5 Å². The molecule has 0 unspecified atom stereocenters. The molecule has 4 heteroatoms. The third-order valence-corrected chi connectivity index (χ3v) is 4.02. The molecule has 0 aliphatic carbocycles. The summed E-state index contributed by atoms with van der Waals surface area (Å²) in [6.45, 7) is 0.593. The quantitative estimate of drug-likeness (QED) is 0.947. The second-order valence-corrected chi connectivity index (χ2v) is 5.40. The summed E-state index contributed by atoms with van der Waals surface area (Å²) in [6, 6.07) is 14.8. The number of fused-ring (bicyclic) bond motifs is 1. The number of para-hydroxylation sites is 1. The number of aromatic hydroxyl groups is 1. The number of hydrogen-bond donors (Lipinski definition) is 1. The molecule has 1 heterocycles. The van der Waals surface area contributed by atoms with Crippen molar-refractivity contribution in [2.45, 2.75) is 18.9 Å². The Bertz CT molecular complexity index is 669. The van der Waals surface area contributed by atoms with Crippen LogP contribution in [0.1, 0.15) is 23.7 Å². The Morgan fingerprint density at radius 3 is 2.68 bits per heavy atom. The van der Waals surface area contributed by atoms with Gasteiger partial charge in [0.05, 0.1) is 5.69 Å². The molecule has 4 nitrogen and oxygen atoms in total. The summed E-state index contributed by atoms with van der Waals surface area (Å²) < 4.78 is 5.43. The summed E-state index contributed by atoms with van der Waals surface area (Å²) in [5, 5.41) is 10.2. The van der Waals surface area contributed by atoms with Gasteiger partial charge in [-0.05, 0) is 30.0 Å². The molecule has 0 fully saturated rings. The van der Waals surface area contributed by atoms with Gasteiger partial charge in [0.25, 0.3) is 5.91 Å². The molecule has 22 heavy (non-hydrogen) atoms. The first kappa shape index (κ1) is 14.6. The smallest absolute Gasteiger partial charge is 0.260 e. The van der Waals surface area contributed by atoms with E-state index in [4.69, 9.17) is 4.74 Å². The molecular weight excluding hydrogens is 278 g/mol. The molecule has 2 aromatic rings. The number of carbonyl (C=O) groups excluding carboxylic acids is 1. The Hall–Kier alpha value is -2.33. The fourth-order valence-electron chi connectivity index (χ4n) is 3.00. The van der Waals surface area contributed by atoms with Gasteiger partial charge in [-0.3, -0.25) is 4.79 Å². The summed E-state index contributed by atoms with van der Waals surface area (Å²) in [6.07, 6.45) is 1.09. The van der Waals surface area contributed by atoms with Gasteiger partial charge in [0.1, 0.15) is 5.75 Å². The van der Waals surface area contributed by atoms with Crippen molar-refractivity contribution >= 4 is 11.6 Å². The highest BCUT2D eigenvalue weighted by Crippen LogP contribution is 2.37. The minimum absolute atomic E-state index is 0.142. The van der Waals surface area contributed by atoms with Gasteiger partial charge in [-0.15, -0.1) is 0 Å². The largest absolute Gasteiger partial charge is 0.506 e. The molecule has 0 saturated heterocycles. The Labute approximate surface area is 130 Å². The van der Waals surface area contributed by atoms with E-state index in [1.54, 1.807) is 11.0 Å². The van der Waals surface area contributed by atoms with Gasteiger partial charge in [-0.2, -0.15) is 0 Å². The molecule has 1 atom stereocenters. The molecule has 1 aliphatic heterocycles. The minimum atomic E-state index is -0.660. The number of rotatable bonds is 3. The van der Waals surface area contributed by atoms with Crippen LogP contribution in [0, 0.1) is 0 Å². The lowest BCUT2D eigenvalue weighted by atomic mass is 9.99. The number of phenols is 1. The van der Waals surface area contributed by atoms with Crippen LogP contribution >= 0.6 is 0 Å². The summed E-state index contributed by atoms with van der Waals surface area (Å²) >= 11 is 0. The SMILES string of the molecule is CO[C@@H](C(=O)N1CCCc2cccc(O)c21)c1ccccc1. The molecule has 0 bridgehead atoms. The van der Waals surface area contributed by atoms with Crippen molar-refractivity contribution in [3.05, 3.63) is 59.7 Å². The normalized spacial score (nSPS) is 15.2. The van der Waals surface area contributed by atoms with Gasteiger partial charge in [0.15, 0.2) is 6.10 Å². The minimum Gasteiger partial charge on any atom is -0.506 e. The number of amides is 1. The average molecular weight is 297 g/mol. The van der Waals surface area contributed by atoms with Crippen molar-refractivity contribution in [2.24, 2.45) is 0 Å².